The third-order valence-corrected chi connectivity index (χ3v) is 5.35. The van der Waals surface area contributed by atoms with Gasteiger partial charge in [-0.25, -0.2) is 0 Å². The Morgan fingerprint density at radius 2 is 1.25 bits per heavy atom. The van der Waals surface area contributed by atoms with E-state index in [1.165, 1.54) is 11.1 Å². The third kappa shape index (κ3) is 5.22. The van der Waals surface area contributed by atoms with Gasteiger partial charge in [0.2, 0.25) is 0 Å². The summed E-state index contributed by atoms with van der Waals surface area (Å²) >= 11 is 0. The quantitative estimate of drug-likeness (QED) is 0.609. The first-order valence-corrected chi connectivity index (χ1v) is 10.1. The lowest BCUT2D eigenvalue weighted by molar-refractivity contribution is 0.0375. The van der Waals surface area contributed by atoms with E-state index in [1.54, 1.807) is 0 Å². The molecule has 0 aliphatic carbocycles. The van der Waals surface area contributed by atoms with E-state index in [-0.39, 0.29) is 0 Å². The average molecular weight is 373 g/mol. The summed E-state index contributed by atoms with van der Waals surface area (Å²) in [6.45, 7) is 5.86. The summed E-state index contributed by atoms with van der Waals surface area (Å²) in [5.74, 6) is 0.947. The molecule has 0 radical (unpaired) electrons. The molecular weight excluding hydrogens is 344 g/mol. The van der Waals surface area contributed by atoms with Gasteiger partial charge in [-0.1, -0.05) is 78.9 Å². The topological polar surface area (TPSA) is 15.7 Å². The average Bonchev–Trinajstić information content (AvgIpc) is 2.76. The smallest absolute Gasteiger partial charge is 0.119 e. The van der Waals surface area contributed by atoms with E-state index in [0.717, 1.165) is 38.5 Å². The van der Waals surface area contributed by atoms with Gasteiger partial charge in [0, 0.05) is 32.7 Å². The van der Waals surface area contributed by atoms with E-state index in [0.29, 0.717) is 12.6 Å². The molecule has 0 spiro atoms. The Morgan fingerprint density at radius 3 is 1.89 bits per heavy atom. The third-order valence-electron chi connectivity index (χ3n) is 5.35. The van der Waals surface area contributed by atoms with Crippen molar-refractivity contribution in [2.75, 3.05) is 26.2 Å². The second kappa shape index (κ2) is 9.54. The maximum atomic E-state index is 6.14. The zero-order valence-corrected chi connectivity index (χ0v) is 16.3. The zero-order chi connectivity index (χ0) is 19.0. The van der Waals surface area contributed by atoms with Gasteiger partial charge in [-0.15, -0.1) is 0 Å². The molecule has 144 valence electrons. The number of ether oxygens (including phenoxy) is 1. The maximum absolute atomic E-state index is 6.14. The number of para-hydroxylation sites is 1. The molecule has 4 rings (SSSR count). The van der Waals surface area contributed by atoms with Gasteiger partial charge in [0.15, 0.2) is 0 Å². The van der Waals surface area contributed by atoms with Crippen LogP contribution in [0.2, 0.25) is 0 Å². The van der Waals surface area contributed by atoms with E-state index in [9.17, 15) is 0 Å². The van der Waals surface area contributed by atoms with Gasteiger partial charge in [-0.05, 0) is 23.3 Å². The number of benzene rings is 3. The number of rotatable bonds is 7. The fourth-order valence-electron chi connectivity index (χ4n) is 3.84. The van der Waals surface area contributed by atoms with Crippen LogP contribution in [0.15, 0.2) is 91.0 Å². The fraction of sp³-hybridized carbons (Fsp3) is 0.280. The molecule has 0 saturated carbocycles. The molecule has 0 N–H and O–H groups in total. The predicted molar refractivity (Wildman–Crippen MR) is 114 cm³/mol. The largest absolute Gasteiger partial charge is 0.492 e. The van der Waals surface area contributed by atoms with Crippen LogP contribution >= 0.6 is 0 Å². The first-order chi connectivity index (χ1) is 13.9. The van der Waals surface area contributed by atoms with Gasteiger partial charge in [0.25, 0.3) is 0 Å². The molecular formula is C25H28N2O. The number of hydrogen-bond donors (Lipinski definition) is 0. The molecule has 1 atom stereocenters. The van der Waals surface area contributed by atoms with Crippen LogP contribution in [0.3, 0.4) is 0 Å². The van der Waals surface area contributed by atoms with Crippen LogP contribution in [-0.2, 0) is 13.1 Å². The van der Waals surface area contributed by atoms with Crippen LogP contribution in [0.5, 0.6) is 5.75 Å². The first-order valence-electron chi connectivity index (χ1n) is 10.1. The fourth-order valence-corrected chi connectivity index (χ4v) is 3.84. The van der Waals surface area contributed by atoms with Crippen molar-refractivity contribution in [3.8, 4) is 5.75 Å². The van der Waals surface area contributed by atoms with Crippen molar-refractivity contribution in [2.45, 2.75) is 19.1 Å². The van der Waals surface area contributed by atoms with E-state index in [2.05, 4.69) is 70.5 Å². The van der Waals surface area contributed by atoms with Crippen LogP contribution in [0.4, 0.5) is 0 Å². The Hall–Kier alpha value is -2.62. The molecule has 1 unspecified atom stereocenters. The van der Waals surface area contributed by atoms with Crippen LogP contribution in [0.1, 0.15) is 11.1 Å². The molecule has 1 aliphatic heterocycles. The van der Waals surface area contributed by atoms with Gasteiger partial charge in [-0.3, -0.25) is 9.80 Å². The molecule has 1 fully saturated rings. The summed E-state index contributed by atoms with van der Waals surface area (Å²) in [4.78, 5) is 5.12. The Labute approximate surface area is 168 Å². The highest BCUT2D eigenvalue weighted by molar-refractivity contribution is 5.21. The second-order valence-corrected chi connectivity index (χ2v) is 7.45. The predicted octanol–water partition coefficient (Wildman–Crippen LogP) is 4.45. The van der Waals surface area contributed by atoms with E-state index in [1.807, 2.05) is 30.3 Å². The van der Waals surface area contributed by atoms with Gasteiger partial charge in [-0.2, -0.15) is 0 Å². The number of nitrogens with zero attached hydrogens (tertiary/aromatic N) is 2. The van der Waals surface area contributed by atoms with Crippen molar-refractivity contribution in [1.29, 1.82) is 0 Å². The van der Waals surface area contributed by atoms with Crippen molar-refractivity contribution >= 4 is 0 Å². The SMILES string of the molecule is c1ccc(CN2CCN(Cc3ccccc3)C(COc3ccccc3)C2)cc1. The van der Waals surface area contributed by atoms with Crippen molar-refractivity contribution < 1.29 is 4.74 Å². The van der Waals surface area contributed by atoms with Crippen molar-refractivity contribution in [1.82, 2.24) is 9.80 Å². The van der Waals surface area contributed by atoms with Crippen LogP contribution in [-0.4, -0.2) is 42.1 Å². The molecule has 1 heterocycles. The highest BCUT2D eigenvalue weighted by Crippen LogP contribution is 2.18. The minimum absolute atomic E-state index is 0.373. The van der Waals surface area contributed by atoms with E-state index >= 15 is 0 Å². The van der Waals surface area contributed by atoms with Crippen LogP contribution < -0.4 is 4.74 Å². The summed E-state index contributed by atoms with van der Waals surface area (Å²) in [5.41, 5.74) is 2.74. The molecule has 3 aromatic rings. The first kappa shape index (κ1) is 18.7. The molecule has 1 saturated heterocycles. The summed E-state index contributed by atoms with van der Waals surface area (Å²) in [7, 11) is 0. The van der Waals surface area contributed by atoms with Crippen LogP contribution in [0.25, 0.3) is 0 Å². The molecule has 0 bridgehead atoms. The molecule has 1 aliphatic rings. The molecule has 3 nitrogen and oxygen atoms in total. The summed E-state index contributed by atoms with van der Waals surface area (Å²) in [6, 6.07) is 32.0. The molecule has 3 heteroatoms. The minimum atomic E-state index is 0.373. The Kier molecular flexibility index (Phi) is 6.38. The highest BCUT2D eigenvalue weighted by atomic mass is 16.5. The number of hydrogen-bond acceptors (Lipinski definition) is 3. The Morgan fingerprint density at radius 1 is 0.679 bits per heavy atom. The van der Waals surface area contributed by atoms with Crippen molar-refractivity contribution in [3.05, 3.63) is 102 Å². The standard InChI is InChI=1S/C25H28N2O/c1-4-10-22(11-5-1)18-26-16-17-27(19-23-12-6-2-7-13-23)24(20-26)21-28-25-14-8-3-9-15-25/h1-15,24H,16-21H2. The Bertz CT molecular complexity index is 823. The minimum Gasteiger partial charge on any atom is -0.492 e. The second-order valence-electron chi connectivity index (χ2n) is 7.45. The summed E-state index contributed by atoms with van der Waals surface area (Å²) in [6.07, 6.45) is 0. The van der Waals surface area contributed by atoms with Gasteiger partial charge in [0.05, 0.1) is 6.04 Å². The lowest BCUT2D eigenvalue weighted by atomic mass is 10.1. The molecule has 28 heavy (non-hydrogen) atoms. The summed E-state index contributed by atoms with van der Waals surface area (Å²) in [5, 5.41) is 0. The lowest BCUT2D eigenvalue weighted by Crippen LogP contribution is -2.54. The van der Waals surface area contributed by atoms with Gasteiger partial charge >= 0.3 is 0 Å². The van der Waals surface area contributed by atoms with Gasteiger partial charge < -0.3 is 4.74 Å². The van der Waals surface area contributed by atoms with Crippen molar-refractivity contribution in [3.63, 3.8) is 0 Å². The summed E-state index contributed by atoms with van der Waals surface area (Å²) < 4.78 is 6.14. The van der Waals surface area contributed by atoms with Gasteiger partial charge in [0.1, 0.15) is 12.4 Å². The van der Waals surface area contributed by atoms with E-state index in [4.69, 9.17) is 4.74 Å². The highest BCUT2D eigenvalue weighted by Gasteiger charge is 2.27. The van der Waals surface area contributed by atoms with Crippen LogP contribution in [0, 0.1) is 0 Å². The zero-order valence-electron chi connectivity index (χ0n) is 16.3. The lowest BCUT2D eigenvalue weighted by Gasteiger charge is -2.41. The normalized spacial score (nSPS) is 18.1. The monoisotopic (exact) mass is 372 g/mol. The number of piperazine rings is 1. The maximum Gasteiger partial charge on any atom is 0.119 e. The van der Waals surface area contributed by atoms with E-state index < -0.39 is 0 Å². The van der Waals surface area contributed by atoms with Crippen molar-refractivity contribution in [2.24, 2.45) is 0 Å². The molecule has 0 amide bonds. The Balaban J connectivity index is 1.43. The molecule has 3 aromatic carbocycles. The molecule has 0 aromatic heterocycles.